The Morgan fingerprint density at radius 2 is 2.00 bits per heavy atom. The summed E-state index contributed by atoms with van der Waals surface area (Å²) < 4.78 is 17.3. The minimum Gasteiger partial charge on any atom is -0.465 e. The van der Waals surface area contributed by atoms with Gasteiger partial charge in [-0.2, -0.15) is 0 Å². The number of nitrogens with zero attached hydrogens (tertiary/aromatic N) is 2. The van der Waals surface area contributed by atoms with Crippen LogP contribution in [0.15, 0.2) is 30.3 Å². The SMILES string of the molecule is CCOC(=O)CS(=O)Cc1nc(NCc2ccccc2)c2c3c(sc2n1)CCCC3. The summed E-state index contributed by atoms with van der Waals surface area (Å²) in [5, 5.41) is 4.58. The highest BCUT2D eigenvalue weighted by atomic mass is 32.2. The number of hydrogen-bond donors (Lipinski definition) is 1. The lowest BCUT2D eigenvalue weighted by Crippen LogP contribution is -2.16. The van der Waals surface area contributed by atoms with Gasteiger partial charge < -0.3 is 10.1 Å². The molecule has 1 aromatic carbocycles. The molecule has 2 aromatic heterocycles. The number of aryl methyl sites for hydroxylation is 2. The Balaban J connectivity index is 1.63. The van der Waals surface area contributed by atoms with Crippen LogP contribution in [0.4, 0.5) is 5.82 Å². The Kier molecular flexibility index (Phi) is 6.74. The molecule has 0 spiro atoms. The van der Waals surface area contributed by atoms with Gasteiger partial charge in [-0.15, -0.1) is 11.3 Å². The molecule has 0 saturated carbocycles. The molecule has 6 nitrogen and oxygen atoms in total. The summed E-state index contributed by atoms with van der Waals surface area (Å²) in [5.41, 5.74) is 2.52. The van der Waals surface area contributed by atoms with Crippen molar-refractivity contribution in [1.29, 1.82) is 0 Å². The zero-order valence-corrected chi connectivity index (χ0v) is 18.6. The second-order valence-corrected chi connectivity index (χ2v) is 9.79. The van der Waals surface area contributed by atoms with Crippen LogP contribution in [0.5, 0.6) is 0 Å². The summed E-state index contributed by atoms with van der Waals surface area (Å²) in [7, 11) is -1.41. The van der Waals surface area contributed by atoms with Gasteiger partial charge in [-0.3, -0.25) is 9.00 Å². The van der Waals surface area contributed by atoms with Gasteiger partial charge in [-0.25, -0.2) is 9.97 Å². The van der Waals surface area contributed by atoms with E-state index in [0.29, 0.717) is 12.4 Å². The Morgan fingerprint density at radius 3 is 2.80 bits per heavy atom. The number of ether oxygens (including phenoxy) is 1. The summed E-state index contributed by atoms with van der Waals surface area (Å²) >= 11 is 1.72. The fourth-order valence-electron chi connectivity index (χ4n) is 3.70. The van der Waals surface area contributed by atoms with Crippen LogP contribution < -0.4 is 5.32 Å². The van der Waals surface area contributed by atoms with Crippen molar-refractivity contribution in [2.24, 2.45) is 0 Å². The van der Waals surface area contributed by atoms with E-state index in [9.17, 15) is 9.00 Å². The molecule has 0 saturated heterocycles. The molecule has 1 aliphatic rings. The molecule has 0 aliphatic heterocycles. The lowest BCUT2D eigenvalue weighted by molar-refractivity contribution is -0.139. The zero-order chi connectivity index (χ0) is 20.9. The van der Waals surface area contributed by atoms with Gasteiger partial charge in [0.1, 0.15) is 22.2 Å². The molecule has 1 aliphatic carbocycles. The van der Waals surface area contributed by atoms with Crippen molar-refractivity contribution in [2.45, 2.75) is 44.9 Å². The van der Waals surface area contributed by atoms with E-state index < -0.39 is 16.8 Å². The summed E-state index contributed by atoms with van der Waals surface area (Å²) in [6.45, 7) is 2.68. The lowest BCUT2D eigenvalue weighted by Gasteiger charge is -2.13. The summed E-state index contributed by atoms with van der Waals surface area (Å²) in [5.74, 6) is 0.844. The fraction of sp³-hybridized carbons (Fsp3) is 0.409. The van der Waals surface area contributed by atoms with E-state index >= 15 is 0 Å². The van der Waals surface area contributed by atoms with Gasteiger partial charge in [0.25, 0.3) is 0 Å². The first-order valence-corrected chi connectivity index (χ1v) is 12.5. The number of rotatable bonds is 8. The minimum atomic E-state index is -1.41. The topological polar surface area (TPSA) is 81.2 Å². The van der Waals surface area contributed by atoms with Crippen molar-refractivity contribution < 1.29 is 13.7 Å². The number of fused-ring (bicyclic) bond motifs is 3. The maximum atomic E-state index is 12.4. The smallest absolute Gasteiger partial charge is 0.318 e. The number of benzene rings is 1. The largest absolute Gasteiger partial charge is 0.465 e. The summed E-state index contributed by atoms with van der Waals surface area (Å²) in [6, 6.07) is 10.2. The van der Waals surface area contributed by atoms with Crippen molar-refractivity contribution in [1.82, 2.24) is 9.97 Å². The predicted molar refractivity (Wildman–Crippen MR) is 121 cm³/mol. The molecule has 1 N–H and O–H groups in total. The van der Waals surface area contributed by atoms with Crippen molar-refractivity contribution in [3.8, 4) is 0 Å². The Hall–Kier alpha value is -2.32. The molecule has 1 unspecified atom stereocenters. The van der Waals surface area contributed by atoms with Crippen LogP contribution in [-0.4, -0.2) is 32.5 Å². The first kappa shape index (κ1) is 20.9. The highest BCUT2D eigenvalue weighted by Gasteiger charge is 2.22. The highest BCUT2D eigenvalue weighted by molar-refractivity contribution is 7.84. The minimum absolute atomic E-state index is 0.136. The first-order chi connectivity index (χ1) is 14.6. The summed E-state index contributed by atoms with van der Waals surface area (Å²) in [4.78, 5) is 23.4. The van der Waals surface area contributed by atoms with E-state index in [0.717, 1.165) is 28.9 Å². The van der Waals surface area contributed by atoms with E-state index in [4.69, 9.17) is 14.7 Å². The Bertz CT molecular complexity index is 1070. The standard InChI is InChI=1S/C22H25N3O3S2/c1-2-28-19(26)14-30(27)13-18-24-21(23-12-15-8-4-3-5-9-15)20-16-10-6-7-11-17(16)29-22(20)25-18/h3-5,8-9H,2,6-7,10-14H2,1H3,(H,23,24,25). The van der Waals surface area contributed by atoms with Crippen LogP contribution >= 0.6 is 11.3 Å². The quantitative estimate of drug-likeness (QED) is 0.530. The van der Waals surface area contributed by atoms with Crippen molar-refractivity contribution in [3.63, 3.8) is 0 Å². The number of anilines is 1. The molecule has 2 heterocycles. The third kappa shape index (κ3) is 4.87. The van der Waals surface area contributed by atoms with Crippen molar-refractivity contribution >= 4 is 44.1 Å². The van der Waals surface area contributed by atoms with E-state index in [2.05, 4.69) is 17.4 Å². The fourth-order valence-corrected chi connectivity index (χ4v) is 5.85. The van der Waals surface area contributed by atoms with Gasteiger partial charge in [0.15, 0.2) is 0 Å². The molecule has 0 bridgehead atoms. The third-order valence-electron chi connectivity index (χ3n) is 5.04. The number of hydrogen-bond acceptors (Lipinski definition) is 7. The summed E-state index contributed by atoms with van der Waals surface area (Å²) in [6.07, 6.45) is 4.52. The average Bonchev–Trinajstić information content (AvgIpc) is 3.11. The number of esters is 1. The van der Waals surface area contributed by atoms with E-state index in [1.807, 2.05) is 18.2 Å². The molecular formula is C22H25N3O3S2. The van der Waals surface area contributed by atoms with Crippen LogP contribution in [0.3, 0.4) is 0 Å². The Morgan fingerprint density at radius 1 is 1.20 bits per heavy atom. The Labute approximate surface area is 182 Å². The molecule has 0 amide bonds. The molecule has 3 aromatic rings. The van der Waals surface area contributed by atoms with E-state index in [-0.39, 0.29) is 18.1 Å². The second-order valence-electron chi connectivity index (χ2n) is 7.25. The van der Waals surface area contributed by atoms with E-state index in [1.165, 1.54) is 28.8 Å². The number of aromatic nitrogens is 2. The maximum absolute atomic E-state index is 12.4. The molecule has 158 valence electrons. The van der Waals surface area contributed by atoms with Crippen LogP contribution in [0.1, 0.15) is 41.6 Å². The number of carbonyl (C=O) groups excluding carboxylic acids is 1. The third-order valence-corrected chi connectivity index (χ3v) is 7.36. The number of thiophene rings is 1. The molecule has 4 rings (SSSR count). The van der Waals surface area contributed by atoms with Crippen LogP contribution in [0, 0.1) is 0 Å². The van der Waals surface area contributed by atoms with Crippen LogP contribution in [0.2, 0.25) is 0 Å². The molecule has 0 radical (unpaired) electrons. The van der Waals surface area contributed by atoms with Crippen LogP contribution in [0.25, 0.3) is 10.2 Å². The first-order valence-electron chi connectivity index (χ1n) is 10.2. The van der Waals surface area contributed by atoms with Gasteiger partial charge >= 0.3 is 5.97 Å². The normalized spacial score (nSPS) is 14.3. The van der Waals surface area contributed by atoms with Gasteiger partial charge in [0.2, 0.25) is 0 Å². The lowest BCUT2D eigenvalue weighted by atomic mass is 9.97. The average molecular weight is 444 g/mol. The molecule has 1 atom stereocenters. The zero-order valence-electron chi connectivity index (χ0n) is 17.0. The van der Waals surface area contributed by atoms with E-state index in [1.54, 1.807) is 18.3 Å². The maximum Gasteiger partial charge on any atom is 0.318 e. The molecular weight excluding hydrogens is 418 g/mol. The van der Waals surface area contributed by atoms with Gasteiger partial charge in [-0.05, 0) is 43.7 Å². The second kappa shape index (κ2) is 9.66. The van der Waals surface area contributed by atoms with Gasteiger partial charge in [0.05, 0.1) is 17.7 Å². The molecule has 30 heavy (non-hydrogen) atoms. The number of carbonyl (C=O) groups is 1. The number of nitrogens with one attached hydrogen (secondary N) is 1. The van der Waals surface area contributed by atoms with Crippen molar-refractivity contribution in [2.75, 3.05) is 17.7 Å². The van der Waals surface area contributed by atoms with Crippen molar-refractivity contribution in [3.05, 3.63) is 52.2 Å². The van der Waals surface area contributed by atoms with Gasteiger partial charge in [-0.1, -0.05) is 30.3 Å². The van der Waals surface area contributed by atoms with Gasteiger partial charge in [0, 0.05) is 22.2 Å². The predicted octanol–water partition coefficient (Wildman–Crippen LogP) is 3.99. The van der Waals surface area contributed by atoms with Crippen LogP contribution in [-0.2, 0) is 45.5 Å². The molecule has 8 heteroatoms. The highest BCUT2D eigenvalue weighted by Crippen LogP contribution is 2.38. The molecule has 0 fully saturated rings. The monoisotopic (exact) mass is 443 g/mol.